The lowest BCUT2D eigenvalue weighted by Gasteiger charge is -2.15. The Morgan fingerprint density at radius 2 is 2.08 bits per heavy atom. The summed E-state index contributed by atoms with van der Waals surface area (Å²) in [4.78, 5) is 17.0. The van der Waals surface area contributed by atoms with Gasteiger partial charge in [-0.2, -0.15) is 0 Å². The van der Waals surface area contributed by atoms with Crippen molar-refractivity contribution in [2.75, 3.05) is 18.5 Å². The molecule has 1 fully saturated rings. The van der Waals surface area contributed by atoms with Crippen molar-refractivity contribution in [1.29, 1.82) is 0 Å². The number of carbonyl (C=O) groups is 1. The molecule has 6 heteroatoms. The zero-order chi connectivity index (χ0) is 18.4. The number of nitrogens with zero attached hydrogens (tertiary/aromatic N) is 1. The molecule has 1 aliphatic heterocycles. The molecule has 1 heterocycles. The molecular weight excluding hydrogens is 350 g/mol. The number of hydrogen-bond donors (Lipinski definition) is 2. The lowest BCUT2D eigenvalue weighted by molar-refractivity contribution is 0.0975. The second-order valence-electron chi connectivity index (χ2n) is 6.23. The van der Waals surface area contributed by atoms with Crippen LogP contribution < -0.4 is 10.6 Å². The van der Waals surface area contributed by atoms with Crippen LogP contribution in [0.1, 0.15) is 28.8 Å². The van der Waals surface area contributed by atoms with Crippen LogP contribution >= 0.6 is 11.6 Å². The van der Waals surface area contributed by atoms with Crippen LogP contribution in [0.3, 0.4) is 0 Å². The zero-order valence-electron chi connectivity index (χ0n) is 14.7. The quantitative estimate of drug-likeness (QED) is 0.630. The maximum absolute atomic E-state index is 12.5. The molecule has 0 saturated carbocycles. The van der Waals surface area contributed by atoms with Crippen molar-refractivity contribution in [1.82, 2.24) is 5.32 Å². The number of aryl methyl sites for hydroxylation is 1. The molecule has 1 atom stereocenters. The predicted octanol–water partition coefficient (Wildman–Crippen LogP) is 4.03. The molecule has 0 bridgehead atoms. The number of anilines is 1. The van der Waals surface area contributed by atoms with Crippen LogP contribution in [0.25, 0.3) is 0 Å². The topological polar surface area (TPSA) is 62.7 Å². The lowest BCUT2D eigenvalue weighted by atomic mass is 10.2. The fourth-order valence-corrected chi connectivity index (χ4v) is 2.98. The number of carbonyl (C=O) groups excluding carboxylic acids is 1. The van der Waals surface area contributed by atoms with E-state index >= 15 is 0 Å². The Balaban J connectivity index is 1.76. The Morgan fingerprint density at radius 1 is 1.27 bits per heavy atom. The van der Waals surface area contributed by atoms with E-state index in [2.05, 4.69) is 15.6 Å². The van der Waals surface area contributed by atoms with Crippen molar-refractivity contribution in [3.63, 3.8) is 0 Å². The van der Waals surface area contributed by atoms with E-state index in [1.807, 2.05) is 37.3 Å². The summed E-state index contributed by atoms with van der Waals surface area (Å²) >= 11 is 6.02. The van der Waals surface area contributed by atoms with Crippen molar-refractivity contribution in [3.05, 3.63) is 64.7 Å². The minimum absolute atomic E-state index is 0.103. The molecule has 2 N–H and O–H groups in total. The van der Waals surface area contributed by atoms with Crippen LogP contribution in [0.2, 0.25) is 5.02 Å². The first-order valence-electron chi connectivity index (χ1n) is 8.67. The average molecular weight is 372 g/mol. The second-order valence-corrected chi connectivity index (χ2v) is 6.67. The van der Waals surface area contributed by atoms with Crippen molar-refractivity contribution in [3.8, 4) is 0 Å². The van der Waals surface area contributed by atoms with Gasteiger partial charge in [0.2, 0.25) is 5.96 Å². The van der Waals surface area contributed by atoms with E-state index in [9.17, 15) is 4.79 Å². The van der Waals surface area contributed by atoms with E-state index in [1.54, 1.807) is 18.2 Å². The maximum Gasteiger partial charge on any atom is 0.257 e. The van der Waals surface area contributed by atoms with Crippen LogP contribution in [0.4, 0.5) is 5.69 Å². The number of benzene rings is 2. The lowest BCUT2D eigenvalue weighted by Crippen LogP contribution is -2.37. The highest BCUT2D eigenvalue weighted by atomic mass is 35.5. The largest absolute Gasteiger partial charge is 0.376 e. The second kappa shape index (κ2) is 8.83. The summed E-state index contributed by atoms with van der Waals surface area (Å²) in [6, 6.07) is 14.6. The minimum Gasteiger partial charge on any atom is -0.376 e. The number of amides is 1. The summed E-state index contributed by atoms with van der Waals surface area (Å²) < 4.78 is 5.62. The molecule has 1 aliphatic rings. The van der Waals surface area contributed by atoms with Gasteiger partial charge in [0.15, 0.2) is 0 Å². The van der Waals surface area contributed by atoms with Crippen LogP contribution in [0.5, 0.6) is 0 Å². The molecule has 3 rings (SSSR count). The van der Waals surface area contributed by atoms with Gasteiger partial charge in [-0.1, -0.05) is 29.8 Å². The zero-order valence-corrected chi connectivity index (χ0v) is 15.4. The Bertz CT molecular complexity index is 787. The molecule has 136 valence electrons. The van der Waals surface area contributed by atoms with Crippen molar-refractivity contribution in [2.45, 2.75) is 25.9 Å². The molecule has 0 aromatic heterocycles. The Kier molecular flexibility index (Phi) is 6.26. The summed E-state index contributed by atoms with van der Waals surface area (Å²) in [5.41, 5.74) is 2.39. The first kappa shape index (κ1) is 18.4. The minimum atomic E-state index is -0.212. The van der Waals surface area contributed by atoms with E-state index in [0.717, 1.165) is 30.7 Å². The van der Waals surface area contributed by atoms with Gasteiger partial charge in [0.1, 0.15) is 0 Å². The Morgan fingerprint density at radius 3 is 2.77 bits per heavy atom. The standard InChI is InChI=1S/C20H22ClN3O2/c1-14-12-16(21)9-10-18(14)23-20(22-13-17-8-5-11-26-17)24-19(25)15-6-3-2-4-7-15/h2-4,6-7,9-10,12,17H,5,8,11,13H2,1H3,(H2,22,23,24,25)/t17-/m1/s1. The van der Waals surface area contributed by atoms with Gasteiger partial charge in [-0.3, -0.25) is 10.1 Å². The van der Waals surface area contributed by atoms with Crippen molar-refractivity contribution < 1.29 is 9.53 Å². The Labute approximate surface area is 158 Å². The molecule has 1 saturated heterocycles. The molecule has 0 radical (unpaired) electrons. The number of rotatable bonds is 4. The summed E-state index contributed by atoms with van der Waals surface area (Å²) in [5, 5.41) is 6.73. The first-order chi connectivity index (χ1) is 12.6. The first-order valence-corrected chi connectivity index (χ1v) is 9.05. The molecule has 0 aliphatic carbocycles. The van der Waals surface area contributed by atoms with E-state index in [0.29, 0.717) is 23.1 Å². The molecule has 2 aromatic carbocycles. The average Bonchev–Trinajstić information content (AvgIpc) is 3.16. The fraction of sp³-hybridized carbons (Fsp3) is 0.300. The number of hydrogen-bond acceptors (Lipinski definition) is 3. The summed E-state index contributed by atoms with van der Waals surface area (Å²) in [6.07, 6.45) is 2.14. The number of ether oxygens (including phenoxy) is 1. The Hall–Kier alpha value is -2.37. The maximum atomic E-state index is 12.5. The molecule has 2 aromatic rings. The van der Waals surface area contributed by atoms with Gasteiger partial charge in [0.25, 0.3) is 5.91 Å². The van der Waals surface area contributed by atoms with Gasteiger partial charge < -0.3 is 10.1 Å². The SMILES string of the molecule is Cc1cc(Cl)ccc1NC(=NC[C@H]1CCCO1)NC(=O)c1ccccc1. The smallest absolute Gasteiger partial charge is 0.257 e. The number of aliphatic imine (C=N–C) groups is 1. The molecular formula is C20H22ClN3O2. The van der Waals surface area contributed by atoms with Crippen molar-refractivity contribution >= 4 is 29.2 Å². The van der Waals surface area contributed by atoms with Crippen LogP contribution in [0.15, 0.2) is 53.5 Å². The van der Waals surface area contributed by atoms with Gasteiger partial charge in [-0.25, -0.2) is 4.99 Å². The van der Waals surface area contributed by atoms with Gasteiger partial charge in [0, 0.05) is 22.9 Å². The molecule has 1 amide bonds. The van der Waals surface area contributed by atoms with Gasteiger partial charge in [-0.05, 0) is 55.7 Å². The van der Waals surface area contributed by atoms with Crippen LogP contribution in [0, 0.1) is 6.92 Å². The highest BCUT2D eigenvalue weighted by Crippen LogP contribution is 2.19. The van der Waals surface area contributed by atoms with E-state index in [-0.39, 0.29) is 12.0 Å². The number of guanidine groups is 1. The summed E-state index contributed by atoms with van der Waals surface area (Å²) in [5.74, 6) is 0.190. The number of nitrogens with one attached hydrogen (secondary N) is 2. The van der Waals surface area contributed by atoms with E-state index in [1.165, 1.54) is 0 Å². The third kappa shape index (κ3) is 5.07. The van der Waals surface area contributed by atoms with Crippen molar-refractivity contribution in [2.24, 2.45) is 4.99 Å². The fourth-order valence-electron chi connectivity index (χ4n) is 2.76. The molecule has 26 heavy (non-hydrogen) atoms. The monoisotopic (exact) mass is 371 g/mol. The molecule has 0 spiro atoms. The summed E-state index contributed by atoms with van der Waals surface area (Å²) in [7, 11) is 0. The van der Waals surface area contributed by atoms with Gasteiger partial charge in [-0.15, -0.1) is 0 Å². The third-order valence-electron chi connectivity index (χ3n) is 4.19. The predicted molar refractivity (Wildman–Crippen MR) is 105 cm³/mol. The van der Waals surface area contributed by atoms with E-state index in [4.69, 9.17) is 16.3 Å². The van der Waals surface area contributed by atoms with Gasteiger partial charge in [0.05, 0.1) is 12.6 Å². The normalized spacial score (nSPS) is 17.2. The summed E-state index contributed by atoms with van der Waals surface area (Å²) in [6.45, 7) is 3.23. The van der Waals surface area contributed by atoms with Crippen LogP contribution in [-0.4, -0.2) is 31.1 Å². The molecule has 0 unspecified atom stereocenters. The van der Waals surface area contributed by atoms with Gasteiger partial charge >= 0.3 is 0 Å². The van der Waals surface area contributed by atoms with Crippen LogP contribution in [-0.2, 0) is 4.74 Å². The highest BCUT2D eigenvalue weighted by molar-refractivity contribution is 6.30. The number of halogens is 1. The highest BCUT2D eigenvalue weighted by Gasteiger charge is 2.16. The molecule has 5 nitrogen and oxygen atoms in total. The third-order valence-corrected chi connectivity index (χ3v) is 4.42. The van der Waals surface area contributed by atoms with E-state index < -0.39 is 0 Å².